The number of aliphatic carboxylic acids is 1. The van der Waals surface area contributed by atoms with Crippen LogP contribution >= 0.6 is 0 Å². The van der Waals surface area contributed by atoms with Gasteiger partial charge >= 0.3 is 5.97 Å². The Balaban J connectivity index is 2.03. The molecule has 0 aromatic rings. The van der Waals surface area contributed by atoms with Crippen LogP contribution in [0.15, 0.2) is 0 Å². The molecule has 0 aromatic heterocycles. The molecule has 1 N–H and O–H groups in total. The molecule has 2 fully saturated rings. The summed E-state index contributed by atoms with van der Waals surface area (Å²) < 4.78 is 5.36. The molecule has 1 unspecified atom stereocenters. The van der Waals surface area contributed by atoms with E-state index < -0.39 is 5.97 Å². The van der Waals surface area contributed by atoms with E-state index in [9.17, 15) is 4.79 Å². The molecule has 0 aromatic carbocycles. The molecule has 1 heterocycles. The summed E-state index contributed by atoms with van der Waals surface area (Å²) in [6, 6.07) is 0. The third kappa shape index (κ3) is 1.78. The van der Waals surface area contributed by atoms with Crippen LogP contribution < -0.4 is 0 Å². The number of hydrogen-bond acceptors (Lipinski definition) is 2. The van der Waals surface area contributed by atoms with E-state index in [-0.39, 0.29) is 0 Å². The van der Waals surface area contributed by atoms with Crippen LogP contribution in [0.25, 0.3) is 0 Å². The van der Waals surface area contributed by atoms with E-state index in [1.54, 1.807) is 0 Å². The Morgan fingerprint density at radius 2 is 2.07 bits per heavy atom. The Labute approximate surface area is 84.4 Å². The zero-order chi connectivity index (χ0) is 10.0. The SMILES string of the molecule is O=C(O)CC1CCCC12CCOCC2. The van der Waals surface area contributed by atoms with Crippen LogP contribution in [-0.4, -0.2) is 24.3 Å². The summed E-state index contributed by atoms with van der Waals surface area (Å²) >= 11 is 0. The van der Waals surface area contributed by atoms with E-state index in [1.807, 2.05) is 0 Å². The van der Waals surface area contributed by atoms with Gasteiger partial charge in [-0.2, -0.15) is 0 Å². The van der Waals surface area contributed by atoms with Gasteiger partial charge in [0.2, 0.25) is 0 Å². The van der Waals surface area contributed by atoms with Gasteiger partial charge in [-0.15, -0.1) is 0 Å². The third-order valence-electron chi connectivity index (χ3n) is 4.00. The Kier molecular flexibility index (Phi) is 2.77. The molecule has 1 saturated heterocycles. The first-order valence-electron chi connectivity index (χ1n) is 5.52. The molecule has 1 aliphatic carbocycles. The van der Waals surface area contributed by atoms with Gasteiger partial charge in [0.15, 0.2) is 0 Å². The minimum Gasteiger partial charge on any atom is -0.481 e. The molecule has 0 amide bonds. The number of carboxylic acid groups (broad SMARTS) is 1. The number of carboxylic acids is 1. The second kappa shape index (κ2) is 3.89. The lowest BCUT2D eigenvalue weighted by Crippen LogP contribution is -2.34. The Morgan fingerprint density at radius 3 is 2.71 bits per heavy atom. The molecule has 1 saturated carbocycles. The van der Waals surface area contributed by atoms with Crippen LogP contribution in [0.1, 0.15) is 38.5 Å². The smallest absolute Gasteiger partial charge is 0.303 e. The summed E-state index contributed by atoms with van der Waals surface area (Å²) in [6.07, 6.45) is 6.04. The van der Waals surface area contributed by atoms with Crippen molar-refractivity contribution in [1.29, 1.82) is 0 Å². The highest BCUT2D eigenvalue weighted by Crippen LogP contribution is 2.51. The van der Waals surface area contributed by atoms with Crippen molar-refractivity contribution in [2.24, 2.45) is 11.3 Å². The number of ether oxygens (including phenoxy) is 1. The highest BCUT2D eigenvalue weighted by atomic mass is 16.5. The third-order valence-corrected chi connectivity index (χ3v) is 4.00. The van der Waals surface area contributed by atoms with E-state index in [2.05, 4.69) is 0 Å². The van der Waals surface area contributed by atoms with Crippen molar-refractivity contribution in [2.75, 3.05) is 13.2 Å². The fourth-order valence-corrected chi connectivity index (χ4v) is 3.18. The van der Waals surface area contributed by atoms with Crippen molar-refractivity contribution in [3.8, 4) is 0 Å². The van der Waals surface area contributed by atoms with E-state index in [4.69, 9.17) is 9.84 Å². The summed E-state index contributed by atoms with van der Waals surface area (Å²) in [6.45, 7) is 1.66. The highest BCUT2D eigenvalue weighted by molar-refractivity contribution is 5.67. The first-order valence-corrected chi connectivity index (χ1v) is 5.52. The van der Waals surface area contributed by atoms with Crippen LogP contribution in [0, 0.1) is 11.3 Å². The molecule has 1 atom stereocenters. The van der Waals surface area contributed by atoms with Gasteiger partial charge in [-0.1, -0.05) is 6.42 Å². The summed E-state index contributed by atoms with van der Waals surface area (Å²) in [5.41, 5.74) is 0.316. The maximum absolute atomic E-state index is 10.8. The normalized spacial score (nSPS) is 30.7. The van der Waals surface area contributed by atoms with Crippen molar-refractivity contribution in [2.45, 2.75) is 38.5 Å². The Morgan fingerprint density at radius 1 is 1.36 bits per heavy atom. The molecule has 0 radical (unpaired) electrons. The van der Waals surface area contributed by atoms with Crippen LogP contribution in [0.3, 0.4) is 0 Å². The van der Waals surface area contributed by atoms with Gasteiger partial charge in [-0.3, -0.25) is 4.79 Å². The molecule has 80 valence electrons. The molecular formula is C11H18O3. The fourth-order valence-electron chi connectivity index (χ4n) is 3.18. The molecule has 3 heteroatoms. The second-order valence-electron chi connectivity index (χ2n) is 4.66. The lowest BCUT2D eigenvalue weighted by atomic mass is 9.71. The highest BCUT2D eigenvalue weighted by Gasteiger charge is 2.44. The molecular weight excluding hydrogens is 180 g/mol. The minimum absolute atomic E-state index is 0.316. The lowest BCUT2D eigenvalue weighted by Gasteiger charge is -2.38. The minimum atomic E-state index is -0.636. The standard InChI is InChI=1S/C11H18O3/c12-10(13)8-9-2-1-3-11(9)4-6-14-7-5-11/h9H,1-8H2,(H,12,13). The molecule has 0 bridgehead atoms. The van der Waals surface area contributed by atoms with Crippen molar-refractivity contribution >= 4 is 5.97 Å². The van der Waals surface area contributed by atoms with Crippen molar-refractivity contribution in [3.63, 3.8) is 0 Å². The van der Waals surface area contributed by atoms with Crippen LogP contribution in [0.4, 0.5) is 0 Å². The Hall–Kier alpha value is -0.570. The summed E-state index contributed by atoms with van der Waals surface area (Å²) in [7, 11) is 0. The van der Waals surface area contributed by atoms with E-state index in [0.29, 0.717) is 17.8 Å². The van der Waals surface area contributed by atoms with Gasteiger partial charge in [0.25, 0.3) is 0 Å². The lowest BCUT2D eigenvalue weighted by molar-refractivity contribution is -0.139. The van der Waals surface area contributed by atoms with Crippen LogP contribution in [0.2, 0.25) is 0 Å². The fraction of sp³-hybridized carbons (Fsp3) is 0.909. The molecule has 1 spiro atoms. The topological polar surface area (TPSA) is 46.5 Å². The monoisotopic (exact) mass is 198 g/mol. The quantitative estimate of drug-likeness (QED) is 0.738. The Bertz CT molecular complexity index is 219. The first-order chi connectivity index (χ1) is 6.73. The van der Waals surface area contributed by atoms with Crippen LogP contribution in [-0.2, 0) is 9.53 Å². The first kappa shape index (κ1) is 9.97. The molecule has 1 aliphatic heterocycles. The number of rotatable bonds is 2. The molecule has 2 rings (SSSR count). The summed E-state index contributed by atoms with van der Waals surface area (Å²) in [5.74, 6) is -0.230. The van der Waals surface area contributed by atoms with E-state index in [1.165, 1.54) is 12.8 Å². The van der Waals surface area contributed by atoms with E-state index >= 15 is 0 Å². The predicted molar refractivity (Wildman–Crippen MR) is 52.1 cm³/mol. The largest absolute Gasteiger partial charge is 0.481 e. The summed E-state index contributed by atoms with van der Waals surface area (Å²) in [4.78, 5) is 10.8. The average Bonchev–Trinajstić information content (AvgIpc) is 2.50. The number of hydrogen-bond donors (Lipinski definition) is 1. The van der Waals surface area contributed by atoms with Crippen molar-refractivity contribution in [1.82, 2.24) is 0 Å². The predicted octanol–water partition coefficient (Wildman–Crippen LogP) is 2.06. The van der Waals surface area contributed by atoms with E-state index in [0.717, 1.165) is 32.5 Å². The van der Waals surface area contributed by atoms with Gasteiger partial charge in [-0.05, 0) is 37.0 Å². The van der Waals surface area contributed by atoms with Gasteiger partial charge < -0.3 is 9.84 Å². The van der Waals surface area contributed by atoms with Crippen molar-refractivity contribution < 1.29 is 14.6 Å². The maximum atomic E-state index is 10.8. The average molecular weight is 198 g/mol. The zero-order valence-corrected chi connectivity index (χ0v) is 8.50. The molecule has 3 nitrogen and oxygen atoms in total. The zero-order valence-electron chi connectivity index (χ0n) is 8.50. The molecule has 2 aliphatic rings. The van der Waals surface area contributed by atoms with Gasteiger partial charge in [0, 0.05) is 19.6 Å². The van der Waals surface area contributed by atoms with Gasteiger partial charge in [0.05, 0.1) is 0 Å². The van der Waals surface area contributed by atoms with Crippen LogP contribution in [0.5, 0.6) is 0 Å². The maximum Gasteiger partial charge on any atom is 0.303 e. The van der Waals surface area contributed by atoms with Gasteiger partial charge in [-0.25, -0.2) is 0 Å². The second-order valence-corrected chi connectivity index (χ2v) is 4.66. The van der Waals surface area contributed by atoms with Gasteiger partial charge in [0.1, 0.15) is 0 Å². The number of carbonyl (C=O) groups is 1. The van der Waals surface area contributed by atoms with Crippen molar-refractivity contribution in [3.05, 3.63) is 0 Å². The molecule has 14 heavy (non-hydrogen) atoms. The summed E-state index contributed by atoms with van der Waals surface area (Å²) in [5, 5.41) is 8.86.